The maximum atomic E-state index is 8.79. The summed E-state index contributed by atoms with van der Waals surface area (Å²) in [6.45, 7) is 1.11. The van der Waals surface area contributed by atoms with Crippen LogP contribution in [0.4, 0.5) is 0 Å². The summed E-state index contributed by atoms with van der Waals surface area (Å²) >= 11 is 0. The molecule has 0 aliphatic carbocycles. The van der Waals surface area contributed by atoms with E-state index in [1.807, 2.05) is 24.3 Å². The standard InChI is InChI=1S/C12H16N2O2/c13-7-11(14-5-6-15)10-8-16-12-4-2-1-3-9(10)12/h1-4,8,11,14-15H,5-7,13H2. The normalized spacial score (nSPS) is 13.1. The Balaban J connectivity index is 2.30. The van der Waals surface area contributed by atoms with Gasteiger partial charge in [-0.25, -0.2) is 0 Å². The van der Waals surface area contributed by atoms with Crippen LogP contribution in [0.2, 0.25) is 0 Å². The minimum Gasteiger partial charge on any atom is -0.464 e. The highest BCUT2D eigenvalue weighted by atomic mass is 16.3. The van der Waals surface area contributed by atoms with Crippen LogP contribution < -0.4 is 11.1 Å². The van der Waals surface area contributed by atoms with Gasteiger partial charge in [0.05, 0.1) is 12.9 Å². The van der Waals surface area contributed by atoms with Crippen molar-refractivity contribution in [2.45, 2.75) is 6.04 Å². The number of para-hydroxylation sites is 1. The lowest BCUT2D eigenvalue weighted by atomic mass is 10.1. The van der Waals surface area contributed by atoms with E-state index in [1.54, 1.807) is 6.26 Å². The molecule has 0 saturated carbocycles. The summed E-state index contributed by atoms with van der Waals surface area (Å²) in [5, 5.41) is 13.0. The highest BCUT2D eigenvalue weighted by Crippen LogP contribution is 2.25. The Labute approximate surface area is 94.1 Å². The Hall–Kier alpha value is -1.36. The second kappa shape index (κ2) is 5.12. The Morgan fingerprint density at radius 2 is 2.19 bits per heavy atom. The Kier molecular flexibility index (Phi) is 3.56. The third-order valence-electron chi connectivity index (χ3n) is 2.62. The number of nitrogens with two attached hydrogens (primary N) is 1. The van der Waals surface area contributed by atoms with Gasteiger partial charge in [0.15, 0.2) is 0 Å². The SMILES string of the molecule is NCC(NCCO)c1coc2ccccc12. The van der Waals surface area contributed by atoms with Gasteiger partial charge in [0.1, 0.15) is 5.58 Å². The molecular formula is C12H16N2O2. The lowest BCUT2D eigenvalue weighted by molar-refractivity contribution is 0.285. The van der Waals surface area contributed by atoms with E-state index in [0.717, 1.165) is 16.5 Å². The Bertz CT molecular complexity index is 453. The third-order valence-corrected chi connectivity index (χ3v) is 2.62. The first-order valence-electron chi connectivity index (χ1n) is 5.37. The van der Waals surface area contributed by atoms with Crippen LogP contribution in [-0.2, 0) is 0 Å². The molecule has 4 nitrogen and oxygen atoms in total. The van der Waals surface area contributed by atoms with Gasteiger partial charge in [-0.3, -0.25) is 0 Å². The first-order valence-corrected chi connectivity index (χ1v) is 5.37. The van der Waals surface area contributed by atoms with Crippen molar-refractivity contribution in [3.63, 3.8) is 0 Å². The summed E-state index contributed by atoms with van der Waals surface area (Å²) in [5.74, 6) is 0. The van der Waals surface area contributed by atoms with Crippen LogP contribution in [0.1, 0.15) is 11.6 Å². The fourth-order valence-corrected chi connectivity index (χ4v) is 1.83. The molecule has 0 aliphatic rings. The van der Waals surface area contributed by atoms with E-state index in [4.69, 9.17) is 15.3 Å². The average molecular weight is 220 g/mol. The van der Waals surface area contributed by atoms with Gasteiger partial charge in [-0.15, -0.1) is 0 Å². The number of aliphatic hydroxyl groups excluding tert-OH is 1. The van der Waals surface area contributed by atoms with E-state index in [2.05, 4.69) is 5.32 Å². The number of nitrogens with one attached hydrogen (secondary N) is 1. The molecule has 16 heavy (non-hydrogen) atoms. The lowest BCUT2D eigenvalue weighted by Crippen LogP contribution is -2.30. The predicted octanol–water partition coefficient (Wildman–Crippen LogP) is 1.01. The molecule has 0 amide bonds. The van der Waals surface area contributed by atoms with E-state index < -0.39 is 0 Å². The molecule has 0 spiro atoms. The van der Waals surface area contributed by atoms with Crippen LogP contribution in [0.15, 0.2) is 34.9 Å². The fourth-order valence-electron chi connectivity index (χ4n) is 1.83. The maximum absolute atomic E-state index is 8.79. The Morgan fingerprint density at radius 1 is 1.38 bits per heavy atom. The predicted molar refractivity (Wildman–Crippen MR) is 63.1 cm³/mol. The molecule has 0 fully saturated rings. The van der Waals surface area contributed by atoms with Crippen molar-refractivity contribution in [1.29, 1.82) is 0 Å². The number of hydrogen-bond acceptors (Lipinski definition) is 4. The first-order chi connectivity index (χ1) is 7.86. The zero-order chi connectivity index (χ0) is 11.4. The molecule has 1 unspecified atom stereocenters. The first kappa shape index (κ1) is 11.1. The molecular weight excluding hydrogens is 204 g/mol. The zero-order valence-electron chi connectivity index (χ0n) is 9.02. The van der Waals surface area contributed by atoms with Crippen LogP contribution in [-0.4, -0.2) is 24.8 Å². The lowest BCUT2D eigenvalue weighted by Gasteiger charge is -2.14. The van der Waals surface area contributed by atoms with E-state index in [0.29, 0.717) is 13.1 Å². The van der Waals surface area contributed by atoms with Gasteiger partial charge in [-0.05, 0) is 6.07 Å². The average Bonchev–Trinajstić information content (AvgIpc) is 2.75. The van der Waals surface area contributed by atoms with E-state index in [1.165, 1.54) is 0 Å². The largest absolute Gasteiger partial charge is 0.464 e. The number of aliphatic hydroxyl groups is 1. The van der Waals surface area contributed by atoms with Crippen molar-refractivity contribution < 1.29 is 9.52 Å². The van der Waals surface area contributed by atoms with Crippen LogP contribution in [0, 0.1) is 0 Å². The summed E-state index contributed by atoms with van der Waals surface area (Å²) in [6.07, 6.45) is 1.73. The molecule has 0 aliphatic heterocycles. The van der Waals surface area contributed by atoms with Crippen molar-refractivity contribution in [2.24, 2.45) is 5.73 Å². The van der Waals surface area contributed by atoms with Crippen molar-refractivity contribution >= 4 is 11.0 Å². The quantitative estimate of drug-likeness (QED) is 0.703. The molecule has 1 atom stereocenters. The van der Waals surface area contributed by atoms with Gasteiger partial charge >= 0.3 is 0 Å². The van der Waals surface area contributed by atoms with Gasteiger partial charge < -0.3 is 20.6 Å². The Morgan fingerprint density at radius 3 is 2.94 bits per heavy atom. The molecule has 1 aromatic carbocycles. The van der Waals surface area contributed by atoms with E-state index in [9.17, 15) is 0 Å². The number of rotatable bonds is 5. The minimum atomic E-state index is 0.0239. The van der Waals surface area contributed by atoms with Crippen molar-refractivity contribution in [1.82, 2.24) is 5.32 Å². The molecule has 4 heteroatoms. The van der Waals surface area contributed by atoms with Crippen molar-refractivity contribution in [3.05, 3.63) is 36.1 Å². The molecule has 0 saturated heterocycles. The molecule has 4 N–H and O–H groups in total. The van der Waals surface area contributed by atoms with Crippen molar-refractivity contribution in [3.8, 4) is 0 Å². The van der Waals surface area contributed by atoms with Gasteiger partial charge in [0.2, 0.25) is 0 Å². The van der Waals surface area contributed by atoms with Gasteiger partial charge in [0, 0.05) is 30.1 Å². The number of furan rings is 1. The maximum Gasteiger partial charge on any atom is 0.134 e. The zero-order valence-corrected chi connectivity index (χ0v) is 9.02. The van der Waals surface area contributed by atoms with Gasteiger partial charge in [-0.1, -0.05) is 18.2 Å². The molecule has 0 radical (unpaired) electrons. The molecule has 86 valence electrons. The van der Waals surface area contributed by atoms with Crippen LogP contribution in [0.5, 0.6) is 0 Å². The van der Waals surface area contributed by atoms with Crippen LogP contribution in [0.25, 0.3) is 11.0 Å². The summed E-state index contributed by atoms with van der Waals surface area (Å²) in [4.78, 5) is 0. The smallest absolute Gasteiger partial charge is 0.134 e. The van der Waals surface area contributed by atoms with Gasteiger partial charge in [0.25, 0.3) is 0 Å². The summed E-state index contributed by atoms with van der Waals surface area (Å²) < 4.78 is 5.45. The number of fused-ring (bicyclic) bond motifs is 1. The fraction of sp³-hybridized carbons (Fsp3) is 0.333. The molecule has 1 heterocycles. The number of benzene rings is 1. The molecule has 2 rings (SSSR count). The van der Waals surface area contributed by atoms with Crippen LogP contribution in [0.3, 0.4) is 0 Å². The van der Waals surface area contributed by atoms with E-state index >= 15 is 0 Å². The summed E-state index contributed by atoms with van der Waals surface area (Å²) in [5.41, 5.74) is 7.62. The third kappa shape index (κ3) is 2.09. The van der Waals surface area contributed by atoms with Crippen molar-refractivity contribution in [2.75, 3.05) is 19.7 Å². The van der Waals surface area contributed by atoms with E-state index in [-0.39, 0.29) is 12.6 Å². The molecule has 1 aromatic heterocycles. The highest BCUT2D eigenvalue weighted by molar-refractivity contribution is 5.81. The van der Waals surface area contributed by atoms with Crippen LogP contribution >= 0.6 is 0 Å². The van der Waals surface area contributed by atoms with Gasteiger partial charge in [-0.2, -0.15) is 0 Å². The second-order valence-electron chi connectivity index (χ2n) is 3.65. The minimum absolute atomic E-state index is 0.0239. The topological polar surface area (TPSA) is 71.4 Å². The monoisotopic (exact) mass is 220 g/mol. The molecule has 2 aromatic rings. The second-order valence-corrected chi connectivity index (χ2v) is 3.65. The molecule has 0 bridgehead atoms. The number of hydrogen-bond donors (Lipinski definition) is 3. The summed E-state index contributed by atoms with van der Waals surface area (Å²) in [6, 6.07) is 7.88. The summed E-state index contributed by atoms with van der Waals surface area (Å²) in [7, 11) is 0. The highest BCUT2D eigenvalue weighted by Gasteiger charge is 2.14.